The summed E-state index contributed by atoms with van der Waals surface area (Å²) < 4.78 is 15.3. The van der Waals surface area contributed by atoms with E-state index in [1.165, 1.54) is 12.1 Å². The standard InChI is InChI=1S/C15H16FN3O/c1-11-14-6-3-7-18(14)8-9-19(11)15(20)17-13-5-2-4-12(16)10-13/h2-7,10-11H,8-9H2,1H3,(H,17,20)/t11-/m0/s1. The monoisotopic (exact) mass is 273 g/mol. The fraction of sp³-hybridized carbons (Fsp3) is 0.267. The summed E-state index contributed by atoms with van der Waals surface area (Å²) in [6.07, 6.45) is 2.02. The molecule has 3 rings (SSSR count). The Bertz CT molecular complexity index is 638. The van der Waals surface area contributed by atoms with Crippen molar-refractivity contribution in [1.82, 2.24) is 9.47 Å². The Kier molecular flexibility index (Phi) is 3.18. The van der Waals surface area contributed by atoms with Gasteiger partial charge < -0.3 is 14.8 Å². The van der Waals surface area contributed by atoms with Gasteiger partial charge in [0.05, 0.1) is 6.04 Å². The SMILES string of the molecule is C[C@H]1c2cccn2CCN1C(=O)Nc1cccc(F)c1. The smallest absolute Gasteiger partial charge is 0.322 e. The Labute approximate surface area is 116 Å². The number of anilines is 1. The summed E-state index contributed by atoms with van der Waals surface area (Å²) in [5.41, 5.74) is 1.59. The minimum Gasteiger partial charge on any atom is -0.348 e. The number of aromatic nitrogens is 1. The van der Waals surface area contributed by atoms with Crippen molar-refractivity contribution >= 4 is 11.7 Å². The molecule has 0 spiro atoms. The molecule has 104 valence electrons. The lowest BCUT2D eigenvalue weighted by molar-refractivity contribution is 0.175. The molecule has 1 aromatic heterocycles. The second-order valence-corrected chi connectivity index (χ2v) is 4.94. The van der Waals surface area contributed by atoms with E-state index in [1.54, 1.807) is 17.0 Å². The van der Waals surface area contributed by atoms with Crippen LogP contribution in [0.15, 0.2) is 42.6 Å². The average Bonchev–Trinajstić information content (AvgIpc) is 2.88. The number of benzene rings is 1. The van der Waals surface area contributed by atoms with Crippen molar-refractivity contribution in [3.05, 3.63) is 54.1 Å². The van der Waals surface area contributed by atoms with Crippen LogP contribution in [0.5, 0.6) is 0 Å². The zero-order valence-electron chi connectivity index (χ0n) is 11.2. The number of carbonyl (C=O) groups excluding carboxylic acids is 1. The zero-order valence-corrected chi connectivity index (χ0v) is 11.2. The minimum absolute atomic E-state index is 0.00677. The molecule has 2 amide bonds. The van der Waals surface area contributed by atoms with E-state index in [1.807, 2.05) is 25.3 Å². The van der Waals surface area contributed by atoms with E-state index in [9.17, 15) is 9.18 Å². The lowest BCUT2D eigenvalue weighted by Gasteiger charge is -2.34. The van der Waals surface area contributed by atoms with Gasteiger partial charge in [-0.25, -0.2) is 9.18 Å². The van der Waals surface area contributed by atoms with Crippen molar-refractivity contribution in [3.8, 4) is 0 Å². The molecule has 1 aromatic carbocycles. The van der Waals surface area contributed by atoms with Gasteiger partial charge in [0.2, 0.25) is 0 Å². The van der Waals surface area contributed by atoms with Gasteiger partial charge in [-0.15, -0.1) is 0 Å². The zero-order chi connectivity index (χ0) is 14.1. The molecular formula is C15H16FN3O. The van der Waals surface area contributed by atoms with E-state index >= 15 is 0 Å². The third-order valence-corrected chi connectivity index (χ3v) is 3.68. The van der Waals surface area contributed by atoms with Crippen LogP contribution in [0.2, 0.25) is 0 Å². The lowest BCUT2D eigenvalue weighted by Crippen LogP contribution is -2.43. The molecule has 0 bridgehead atoms. The van der Waals surface area contributed by atoms with Crippen molar-refractivity contribution in [2.75, 3.05) is 11.9 Å². The van der Waals surface area contributed by atoms with Crippen LogP contribution in [-0.2, 0) is 6.54 Å². The molecule has 20 heavy (non-hydrogen) atoms. The highest BCUT2D eigenvalue weighted by Gasteiger charge is 2.27. The van der Waals surface area contributed by atoms with Crippen LogP contribution >= 0.6 is 0 Å². The van der Waals surface area contributed by atoms with Gasteiger partial charge in [-0.3, -0.25) is 0 Å². The molecule has 1 atom stereocenters. The summed E-state index contributed by atoms with van der Waals surface area (Å²) in [5.74, 6) is -0.358. The number of amides is 2. The Morgan fingerprint density at radius 1 is 1.30 bits per heavy atom. The number of carbonyl (C=O) groups is 1. The molecule has 2 aromatic rings. The largest absolute Gasteiger partial charge is 0.348 e. The first-order valence-electron chi connectivity index (χ1n) is 6.63. The summed E-state index contributed by atoms with van der Waals surface area (Å²) in [4.78, 5) is 14.1. The molecule has 0 saturated carbocycles. The predicted octanol–water partition coefficient (Wildman–Crippen LogP) is 3.24. The lowest BCUT2D eigenvalue weighted by atomic mass is 10.1. The number of hydrogen-bond acceptors (Lipinski definition) is 1. The van der Waals surface area contributed by atoms with Gasteiger partial charge in [0, 0.05) is 30.7 Å². The van der Waals surface area contributed by atoms with Gasteiger partial charge in [0.1, 0.15) is 5.82 Å². The van der Waals surface area contributed by atoms with Gasteiger partial charge >= 0.3 is 6.03 Å². The fourth-order valence-electron chi connectivity index (χ4n) is 2.62. The van der Waals surface area contributed by atoms with Crippen LogP contribution in [0.25, 0.3) is 0 Å². The van der Waals surface area contributed by atoms with Gasteiger partial charge in [-0.1, -0.05) is 6.07 Å². The summed E-state index contributed by atoms with van der Waals surface area (Å²) in [7, 11) is 0. The second-order valence-electron chi connectivity index (χ2n) is 4.94. The number of rotatable bonds is 1. The molecule has 1 N–H and O–H groups in total. The van der Waals surface area contributed by atoms with Crippen LogP contribution in [-0.4, -0.2) is 22.0 Å². The van der Waals surface area contributed by atoms with Crippen molar-refractivity contribution in [3.63, 3.8) is 0 Å². The molecule has 0 aliphatic carbocycles. The Morgan fingerprint density at radius 2 is 2.15 bits per heavy atom. The van der Waals surface area contributed by atoms with Gasteiger partial charge in [0.15, 0.2) is 0 Å². The maximum atomic E-state index is 13.1. The predicted molar refractivity (Wildman–Crippen MR) is 75.0 cm³/mol. The van der Waals surface area contributed by atoms with Crippen LogP contribution < -0.4 is 5.32 Å². The maximum Gasteiger partial charge on any atom is 0.322 e. The molecule has 1 aliphatic heterocycles. The maximum absolute atomic E-state index is 13.1. The minimum atomic E-state index is -0.358. The van der Waals surface area contributed by atoms with Crippen LogP contribution in [0.4, 0.5) is 14.9 Å². The number of hydrogen-bond donors (Lipinski definition) is 1. The van der Waals surface area contributed by atoms with Crippen molar-refractivity contribution in [2.24, 2.45) is 0 Å². The number of fused-ring (bicyclic) bond motifs is 1. The molecular weight excluding hydrogens is 257 g/mol. The van der Waals surface area contributed by atoms with Gasteiger partial charge in [-0.05, 0) is 37.3 Å². The highest BCUT2D eigenvalue weighted by Crippen LogP contribution is 2.26. The Balaban J connectivity index is 1.75. The molecule has 0 radical (unpaired) electrons. The van der Waals surface area contributed by atoms with Crippen molar-refractivity contribution in [2.45, 2.75) is 19.5 Å². The highest BCUT2D eigenvalue weighted by molar-refractivity contribution is 5.89. The van der Waals surface area contributed by atoms with E-state index in [-0.39, 0.29) is 17.9 Å². The topological polar surface area (TPSA) is 37.3 Å². The molecule has 2 heterocycles. The van der Waals surface area contributed by atoms with E-state index in [0.717, 1.165) is 12.2 Å². The van der Waals surface area contributed by atoms with E-state index in [0.29, 0.717) is 12.2 Å². The third-order valence-electron chi connectivity index (χ3n) is 3.68. The number of urea groups is 1. The number of nitrogens with zero attached hydrogens (tertiary/aromatic N) is 2. The van der Waals surface area contributed by atoms with Crippen LogP contribution in [0.3, 0.4) is 0 Å². The van der Waals surface area contributed by atoms with Crippen molar-refractivity contribution < 1.29 is 9.18 Å². The molecule has 4 nitrogen and oxygen atoms in total. The van der Waals surface area contributed by atoms with Gasteiger partial charge in [-0.2, -0.15) is 0 Å². The summed E-state index contributed by atoms with van der Waals surface area (Å²) in [6.45, 7) is 3.42. The number of nitrogens with one attached hydrogen (secondary N) is 1. The Hall–Kier alpha value is -2.30. The summed E-state index contributed by atoms with van der Waals surface area (Å²) >= 11 is 0. The average molecular weight is 273 g/mol. The quantitative estimate of drug-likeness (QED) is 0.851. The van der Waals surface area contributed by atoms with Crippen LogP contribution in [0.1, 0.15) is 18.7 Å². The number of halogens is 1. The van der Waals surface area contributed by atoms with E-state index < -0.39 is 0 Å². The Morgan fingerprint density at radius 3 is 2.95 bits per heavy atom. The van der Waals surface area contributed by atoms with Crippen LogP contribution in [0, 0.1) is 5.82 Å². The first kappa shape index (κ1) is 12.7. The van der Waals surface area contributed by atoms with Gasteiger partial charge in [0.25, 0.3) is 0 Å². The molecule has 0 fully saturated rings. The first-order chi connectivity index (χ1) is 9.65. The van der Waals surface area contributed by atoms with Crippen molar-refractivity contribution in [1.29, 1.82) is 0 Å². The third kappa shape index (κ3) is 2.27. The normalized spacial score (nSPS) is 17.7. The first-order valence-corrected chi connectivity index (χ1v) is 6.63. The van der Waals surface area contributed by atoms with E-state index in [4.69, 9.17) is 0 Å². The molecule has 5 heteroatoms. The highest BCUT2D eigenvalue weighted by atomic mass is 19.1. The molecule has 0 saturated heterocycles. The fourth-order valence-corrected chi connectivity index (χ4v) is 2.62. The summed E-state index contributed by atoms with van der Waals surface area (Å²) in [6, 6.07) is 9.74. The molecule has 1 aliphatic rings. The second kappa shape index (κ2) is 5.00. The molecule has 0 unspecified atom stereocenters. The summed E-state index contributed by atoms with van der Waals surface area (Å²) in [5, 5.41) is 2.74. The van der Waals surface area contributed by atoms with E-state index in [2.05, 4.69) is 9.88 Å².